The maximum Gasteiger partial charge on any atom is 0.258 e. The summed E-state index contributed by atoms with van der Waals surface area (Å²) in [7, 11) is -3.56. The molecule has 2 aromatic rings. The van der Waals surface area contributed by atoms with E-state index in [0.717, 1.165) is 5.56 Å². The molecule has 0 unspecified atom stereocenters. The Morgan fingerprint density at radius 3 is 2.52 bits per heavy atom. The van der Waals surface area contributed by atoms with E-state index in [9.17, 15) is 13.2 Å². The molecule has 1 amide bonds. The fourth-order valence-corrected chi connectivity index (χ4v) is 4.63. The second kappa shape index (κ2) is 9.39. The van der Waals surface area contributed by atoms with Crippen LogP contribution in [0, 0.1) is 6.92 Å². The van der Waals surface area contributed by atoms with Crippen LogP contribution >= 0.6 is 0 Å². The lowest BCUT2D eigenvalue weighted by atomic mass is 10.1. The lowest BCUT2D eigenvalue weighted by Crippen LogP contribution is -2.40. The number of carbonyl (C=O) groups is 1. The van der Waals surface area contributed by atoms with Crippen molar-refractivity contribution in [1.29, 1.82) is 0 Å². The third-order valence-corrected chi connectivity index (χ3v) is 6.68. The van der Waals surface area contributed by atoms with Crippen LogP contribution in [0.1, 0.15) is 24.1 Å². The summed E-state index contributed by atoms with van der Waals surface area (Å²) in [5.74, 6) is 0.235. The van der Waals surface area contributed by atoms with E-state index in [1.807, 2.05) is 37.3 Å². The molecule has 0 bridgehead atoms. The van der Waals surface area contributed by atoms with Gasteiger partial charge in [-0.3, -0.25) is 4.79 Å². The van der Waals surface area contributed by atoms with Crippen molar-refractivity contribution in [2.75, 3.05) is 32.9 Å². The summed E-state index contributed by atoms with van der Waals surface area (Å²) in [5, 5.41) is 2.89. The van der Waals surface area contributed by atoms with Crippen molar-refractivity contribution in [3.8, 4) is 5.75 Å². The number of hydrogen-bond donors (Lipinski definition) is 1. The van der Waals surface area contributed by atoms with E-state index in [4.69, 9.17) is 9.47 Å². The molecule has 1 saturated heterocycles. The molecule has 8 heteroatoms. The summed E-state index contributed by atoms with van der Waals surface area (Å²) in [6, 6.07) is 14.2. The zero-order valence-electron chi connectivity index (χ0n) is 16.6. The molecule has 0 radical (unpaired) electrons. The van der Waals surface area contributed by atoms with Gasteiger partial charge in [-0.05, 0) is 43.2 Å². The molecular weight excluding hydrogens is 392 g/mol. The highest BCUT2D eigenvalue weighted by molar-refractivity contribution is 7.89. The molecule has 1 aliphatic heterocycles. The minimum absolute atomic E-state index is 0.130. The summed E-state index contributed by atoms with van der Waals surface area (Å²) in [5.41, 5.74) is 1.66. The van der Waals surface area contributed by atoms with Crippen molar-refractivity contribution < 1.29 is 22.7 Å². The van der Waals surface area contributed by atoms with Gasteiger partial charge in [-0.2, -0.15) is 4.31 Å². The Hall–Kier alpha value is -2.42. The van der Waals surface area contributed by atoms with Crippen LogP contribution in [0.2, 0.25) is 0 Å². The average Bonchev–Trinajstić information content (AvgIpc) is 2.74. The predicted octanol–water partition coefficient (Wildman–Crippen LogP) is 2.27. The molecule has 1 aliphatic rings. The summed E-state index contributed by atoms with van der Waals surface area (Å²) >= 11 is 0. The first-order valence-electron chi connectivity index (χ1n) is 9.53. The van der Waals surface area contributed by atoms with Crippen LogP contribution in [0.4, 0.5) is 0 Å². The normalized spacial score (nSPS) is 16.2. The Bertz CT molecular complexity index is 941. The van der Waals surface area contributed by atoms with Crippen LogP contribution in [0.15, 0.2) is 53.4 Å². The molecule has 1 fully saturated rings. The highest BCUT2D eigenvalue weighted by atomic mass is 32.2. The predicted molar refractivity (Wildman–Crippen MR) is 109 cm³/mol. The smallest absolute Gasteiger partial charge is 0.258 e. The first kappa shape index (κ1) is 21.3. The molecule has 1 atom stereocenters. The molecule has 1 heterocycles. The van der Waals surface area contributed by atoms with Gasteiger partial charge in [0.15, 0.2) is 6.61 Å². The van der Waals surface area contributed by atoms with Crippen LogP contribution < -0.4 is 10.1 Å². The lowest BCUT2D eigenvalue weighted by Gasteiger charge is -2.26. The van der Waals surface area contributed by atoms with Gasteiger partial charge in [0.05, 0.1) is 24.2 Å². The van der Waals surface area contributed by atoms with Crippen molar-refractivity contribution in [2.45, 2.75) is 24.8 Å². The van der Waals surface area contributed by atoms with Crippen LogP contribution in [-0.2, 0) is 19.6 Å². The van der Waals surface area contributed by atoms with Crippen molar-refractivity contribution >= 4 is 15.9 Å². The second-order valence-corrected chi connectivity index (χ2v) is 8.87. The minimum Gasteiger partial charge on any atom is -0.484 e. The standard InChI is InChI=1S/C21H26N2O5S/c1-16-14-19(29(25,26)23-10-12-27-13-11-23)8-9-20(16)28-15-21(24)22-17(2)18-6-4-3-5-7-18/h3-9,14,17H,10-13,15H2,1-2H3,(H,22,24)/t17-/m0/s1. The average molecular weight is 419 g/mol. The van der Waals surface area contributed by atoms with E-state index in [1.54, 1.807) is 19.1 Å². The van der Waals surface area contributed by atoms with Gasteiger partial charge in [-0.1, -0.05) is 30.3 Å². The number of morpholine rings is 1. The van der Waals surface area contributed by atoms with E-state index in [1.165, 1.54) is 10.4 Å². The molecule has 1 N–H and O–H groups in total. The van der Waals surface area contributed by atoms with Gasteiger partial charge < -0.3 is 14.8 Å². The molecule has 2 aromatic carbocycles. The number of nitrogens with zero attached hydrogens (tertiary/aromatic N) is 1. The first-order chi connectivity index (χ1) is 13.9. The largest absolute Gasteiger partial charge is 0.484 e. The summed E-state index contributed by atoms with van der Waals surface area (Å²) in [6.45, 7) is 5.01. The fraction of sp³-hybridized carbons (Fsp3) is 0.381. The van der Waals surface area contributed by atoms with E-state index in [2.05, 4.69) is 5.32 Å². The number of carbonyl (C=O) groups excluding carboxylic acids is 1. The second-order valence-electron chi connectivity index (χ2n) is 6.93. The Morgan fingerprint density at radius 2 is 1.86 bits per heavy atom. The number of sulfonamides is 1. The molecule has 29 heavy (non-hydrogen) atoms. The van der Waals surface area contributed by atoms with Crippen LogP contribution in [0.25, 0.3) is 0 Å². The first-order valence-corrected chi connectivity index (χ1v) is 11.0. The summed E-state index contributed by atoms with van der Waals surface area (Å²) in [4.78, 5) is 12.4. The quantitative estimate of drug-likeness (QED) is 0.746. The maximum absolute atomic E-state index is 12.7. The molecular formula is C21H26N2O5S. The number of nitrogens with one attached hydrogen (secondary N) is 1. The Kier molecular flexibility index (Phi) is 6.89. The van der Waals surface area contributed by atoms with Crippen molar-refractivity contribution in [2.24, 2.45) is 0 Å². The van der Waals surface area contributed by atoms with Crippen molar-refractivity contribution in [1.82, 2.24) is 9.62 Å². The monoisotopic (exact) mass is 418 g/mol. The molecule has 0 spiro atoms. The summed E-state index contributed by atoms with van der Waals surface area (Å²) in [6.07, 6.45) is 0. The Labute approximate surface area is 171 Å². The Balaban J connectivity index is 1.60. The lowest BCUT2D eigenvalue weighted by molar-refractivity contribution is -0.123. The minimum atomic E-state index is -3.56. The number of rotatable bonds is 7. The third-order valence-electron chi connectivity index (χ3n) is 4.79. The van der Waals surface area contributed by atoms with Crippen LogP contribution in [0.3, 0.4) is 0 Å². The molecule has 0 saturated carbocycles. The van der Waals surface area contributed by atoms with Crippen molar-refractivity contribution in [3.63, 3.8) is 0 Å². The molecule has 0 aliphatic carbocycles. The third kappa shape index (κ3) is 5.35. The number of benzene rings is 2. The van der Waals surface area contributed by atoms with E-state index in [0.29, 0.717) is 37.6 Å². The van der Waals surface area contributed by atoms with Gasteiger partial charge in [0, 0.05) is 13.1 Å². The van der Waals surface area contributed by atoms with Crippen LogP contribution in [0.5, 0.6) is 5.75 Å². The number of amides is 1. The van der Waals surface area contributed by atoms with Gasteiger partial charge in [-0.25, -0.2) is 8.42 Å². The number of ether oxygens (including phenoxy) is 2. The SMILES string of the molecule is Cc1cc(S(=O)(=O)N2CCOCC2)ccc1OCC(=O)N[C@@H](C)c1ccccc1. The molecule has 7 nitrogen and oxygen atoms in total. The van der Waals surface area contributed by atoms with Gasteiger partial charge in [0.2, 0.25) is 10.0 Å². The van der Waals surface area contributed by atoms with E-state index < -0.39 is 10.0 Å². The van der Waals surface area contributed by atoms with Crippen molar-refractivity contribution in [3.05, 3.63) is 59.7 Å². The number of hydrogen-bond acceptors (Lipinski definition) is 5. The highest BCUT2D eigenvalue weighted by Crippen LogP contribution is 2.24. The van der Waals surface area contributed by atoms with Gasteiger partial charge in [-0.15, -0.1) is 0 Å². The Morgan fingerprint density at radius 1 is 1.17 bits per heavy atom. The maximum atomic E-state index is 12.7. The number of aryl methyl sites for hydroxylation is 1. The molecule has 0 aromatic heterocycles. The van der Waals surface area contributed by atoms with E-state index >= 15 is 0 Å². The van der Waals surface area contributed by atoms with Crippen LogP contribution in [-0.4, -0.2) is 51.5 Å². The highest BCUT2D eigenvalue weighted by Gasteiger charge is 2.26. The van der Waals surface area contributed by atoms with Gasteiger partial charge >= 0.3 is 0 Å². The van der Waals surface area contributed by atoms with E-state index in [-0.39, 0.29) is 23.5 Å². The fourth-order valence-electron chi connectivity index (χ4n) is 3.13. The van der Waals surface area contributed by atoms with Gasteiger partial charge in [0.1, 0.15) is 5.75 Å². The zero-order chi connectivity index (χ0) is 20.9. The topological polar surface area (TPSA) is 84.9 Å². The molecule has 156 valence electrons. The summed E-state index contributed by atoms with van der Waals surface area (Å²) < 4.78 is 37.7. The van der Waals surface area contributed by atoms with Gasteiger partial charge in [0.25, 0.3) is 5.91 Å². The zero-order valence-corrected chi connectivity index (χ0v) is 17.4. The molecule has 3 rings (SSSR count).